The Balaban J connectivity index is 1.68. The van der Waals surface area contributed by atoms with Crippen LogP contribution in [0.5, 0.6) is 5.75 Å². The average Bonchev–Trinajstić information content (AvgIpc) is 2.80. The highest BCUT2D eigenvalue weighted by atomic mass is 16.5. The smallest absolute Gasteiger partial charge is 0.119 e. The molecule has 0 fully saturated rings. The van der Waals surface area contributed by atoms with E-state index in [1.165, 1.54) is 0 Å². The predicted molar refractivity (Wildman–Crippen MR) is 71.9 cm³/mol. The molecule has 5 nitrogen and oxygen atoms in total. The van der Waals surface area contributed by atoms with Crippen molar-refractivity contribution < 1.29 is 9.84 Å². The molecule has 0 saturated carbocycles. The second-order valence-corrected chi connectivity index (χ2v) is 4.37. The Labute approximate surface area is 112 Å². The second-order valence-electron chi connectivity index (χ2n) is 4.37. The molecule has 0 saturated heterocycles. The fourth-order valence-corrected chi connectivity index (χ4v) is 1.83. The molecule has 19 heavy (non-hydrogen) atoms. The number of hydrogen-bond acceptors (Lipinski definition) is 4. The Hall–Kier alpha value is -1.88. The number of rotatable bonds is 7. The molecule has 0 bridgehead atoms. The molecule has 1 heterocycles. The van der Waals surface area contributed by atoms with Crippen molar-refractivity contribution in [3.63, 3.8) is 0 Å². The number of aliphatic hydroxyl groups is 1. The van der Waals surface area contributed by atoms with Gasteiger partial charge in [-0.3, -0.25) is 0 Å². The third kappa shape index (κ3) is 3.79. The Morgan fingerprint density at radius 2 is 2.00 bits per heavy atom. The van der Waals surface area contributed by atoms with Crippen LogP contribution in [0.3, 0.4) is 0 Å². The highest BCUT2D eigenvalue weighted by Crippen LogP contribution is 2.09. The summed E-state index contributed by atoms with van der Waals surface area (Å²) in [6.45, 7) is 3.37. The number of aryl methyl sites for hydroxylation is 1. The van der Waals surface area contributed by atoms with Gasteiger partial charge in [-0.15, -0.1) is 5.10 Å². The molecule has 0 unspecified atom stereocenters. The van der Waals surface area contributed by atoms with Gasteiger partial charge in [-0.1, -0.05) is 23.4 Å². The number of aromatic nitrogens is 3. The van der Waals surface area contributed by atoms with E-state index < -0.39 is 0 Å². The maximum Gasteiger partial charge on any atom is 0.119 e. The van der Waals surface area contributed by atoms with Crippen LogP contribution >= 0.6 is 0 Å². The first kappa shape index (κ1) is 13.5. The molecule has 5 heteroatoms. The van der Waals surface area contributed by atoms with Crippen molar-refractivity contribution in [2.45, 2.75) is 32.9 Å². The number of nitrogens with zero attached hydrogens (tertiary/aromatic N) is 3. The van der Waals surface area contributed by atoms with Crippen LogP contribution in [0, 0.1) is 6.92 Å². The Kier molecular flexibility index (Phi) is 4.92. The van der Waals surface area contributed by atoms with Crippen molar-refractivity contribution in [3.05, 3.63) is 41.7 Å². The van der Waals surface area contributed by atoms with E-state index in [1.807, 2.05) is 41.9 Å². The van der Waals surface area contributed by atoms with Crippen LogP contribution < -0.4 is 4.74 Å². The van der Waals surface area contributed by atoms with Crippen LogP contribution in [-0.4, -0.2) is 26.7 Å². The number of aliphatic hydroxyl groups excluding tert-OH is 1. The lowest BCUT2D eigenvalue weighted by Crippen LogP contribution is -2.05. The quantitative estimate of drug-likeness (QED) is 0.774. The third-order valence-corrected chi connectivity index (χ3v) is 3.00. The Morgan fingerprint density at radius 1 is 1.21 bits per heavy atom. The van der Waals surface area contributed by atoms with Crippen LogP contribution in [0.4, 0.5) is 0 Å². The van der Waals surface area contributed by atoms with E-state index in [1.54, 1.807) is 0 Å². The van der Waals surface area contributed by atoms with Crippen molar-refractivity contribution in [1.82, 2.24) is 15.0 Å². The predicted octanol–water partition coefficient (Wildman–Crippen LogP) is 1.94. The molecule has 0 radical (unpaired) electrons. The fraction of sp³-hybridized carbons (Fsp3) is 0.429. The van der Waals surface area contributed by atoms with E-state index >= 15 is 0 Å². The summed E-state index contributed by atoms with van der Waals surface area (Å²) in [5.74, 6) is 0.905. The summed E-state index contributed by atoms with van der Waals surface area (Å²) in [4.78, 5) is 0. The standard InChI is InChI=1S/C14H19N3O2/c1-12-14(11-18)15-16-17(12)9-5-6-10-19-13-7-3-2-4-8-13/h2-4,7-8,18H,5-6,9-11H2,1H3. The average molecular weight is 261 g/mol. The summed E-state index contributed by atoms with van der Waals surface area (Å²) in [6, 6.07) is 9.80. The third-order valence-electron chi connectivity index (χ3n) is 3.00. The summed E-state index contributed by atoms with van der Waals surface area (Å²) in [5, 5.41) is 17.0. The van der Waals surface area contributed by atoms with Gasteiger partial charge in [0.15, 0.2) is 0 Å². The SMILES string of the molecule is Cc1c(CO)nnn1CCCCOc1ccccc1. The van der Waals surface area contributed by atoms with Crippen molar-refractivity contribution >= 4 is 0 Å². The minimum absolute atomic E-state index is 0.0526. The summed E-state index contributed by atoms with van der Waals surface area (Å²) < 4.78 is 7.44. The first-order chi connectivity index (χ1) is 9.31. The van der Waals surface area contributed by atoms with E-state index in [9.17, 15) is 0 Å². The van der Waals surface area contributed by atoms with E-state index in [0.29, 0.717) is 12.3 Å². The molecular weight excluding hydrogens is 242 g/mol. The van der Waals surface area contributed by atoms with Gasteiger partial charge in [0.2, 0.25) is 0 Å². The van der Waals surface area contributed by atoms with Gasteiger partial charge >= 0.3 is 0 Å². The van der Waals surface area contributed by atoms with Gasteiger partial charge in [0.05, 0.1) is 18.9 Å². The molecule has 0 amide bonds. The zero-order valence-electron chi connectivity index (χ0n) is 11.1. The molecular formula is C14H19N3O2. The normalized spacial score (nSPS) is 10.6. The molecule has 0 spiro atoms. The first-order valence-corrected chi connectivity index (χ1v) is 6.49. The summed E-state index contributed by atoms with van der Waals surface area (Å²) in [6.07, 6.45) is 1.94. The van der Waals surface area contributed by atoms with Crippen LogP contribution in [0.25, 0.3) is 0 Å². The maximum absolute atomic E-state index is 9.03. The van der Waals surface area contributed by atoms with Gasteiger partial charge in [-0.05, 0) is 31.9 Å². The van der Waals surface area contributed by atoms with Crippen molar-refractivity contribution in [1.29, 1.82) is 0 Å². The molecule has 0 aliphatic carbocycles. The van der Waals surface area contributed by atoms with Crippen LogP contribution in [0.1, 0.15) is 24.2 Å². The van der Waals surface area contributed by atoms with Crippen LogP contribution in [0.15, 0.2) is 30.3 Å². The molecule has 1 aromatic heterocycles. The van der Waals surface area contributed by atoms with Crippen molar-refractivity contribution in [3.8, 4) is 5.75 Å². The second kappa shape index (κ2) is 6.89. The maximum atomic E-state index is 9.03. The largest absolute Gasteiger partial charge is 0.494 e. The zero-order chi connectivity index (χ0) is 13.5. The van der Waals surface area contributed by atoms with E-state index in [2.05, 4.69) is 10.3 Å². The number of hydrogen-bond donors (Lipinski definition) is 1. The Morgan fingerprint density at radius 3 is 2.68 bits per heavy atom. The molecule has 0 aliphatic rings. The van der Waals surface area contributed by atoms with E-state index in [4.69, 9.17) is 9.84 Å². The lowest BCUT2D eigenvalue weighted by Gasteiger charge is -2.06. The molecule has 0 aliphatic heterocycles. The van der Waals surface area contributed by atoms with Gasteiger partial charge in [-0.25, -0.2) is 4.68 Å². The van der Waals surface area contributed by atoms with Gasteiger partial charge < -0.3 is 9.84 Å². The van der Waals surface area contributed by atoms with Crippen LogP contribution in [0.2, 0.25) is 0 Å². The molecule has 1 aromatic carbocycles. The molecule has 102 valence electrons. The number of unbranched alkanes of at least 4 members (excludes halogenated alkanes) is 1. The van der Waals surface area contributed by atoms with Gasteiger partial charge in [0.25, 0.3) is 0 Å². The Bertz CT molecular complexity index is 497. The van der Waals surface area contributed by atoms with Crippen molar-refractivity contribution in [2.75, 3.05) is 6.61 Å². The zero-order valence-corrected chi connectivity index (χ0v) is 11.1. The monoisotopic (exact) mass is 261 g/mol. The molecule has 2 rings (SSSR count). The summed E-state index contributed by atoms with van der Waals surface area (Å²) >= 11 is 0. The first-order valence-electron chi connectivity index (χ1n) is 6.49. The topological polar surface area (TPSA) is 60.2 Å². The van der Waals surface area contributed by atoms with Gasteiger partial charge in [0.1, 0.15) is 11.4 Å². The number of para-hydroxylation sites is 1. The number of ether oxygens (including phenoxy) is 1. The minimum atomic E-state index is -0.0526. The van der Waals surface area contributed by atoms with Gasteiger partial charge in [-0.2, -0.15) is 0 Å². The fourth-order valence-electron chi connectivity index (χ4n) is 1.83. The minimum Gasteiger partial charge on any atom is -0.494 e. The van der Waals surface area contributed by atoms with Crippen molar-refractivity contribution in [2.24, 2.45) is 0 Å². The number of benzene rings is 1. The lowest BCUT2D eigenvalue weighted by molar-refractivity contribution is 0.275. The molecule has 1 N–H and O–H groups in total. The summed E-state index contributed by atoms with van der Waals surface area (Å²) in [7, 11) is 0. The lowest BCUT2D eigenvalue weighted by atomic mass is 10.3. The molecule has 2 aromatic rings. The highest BCUT2D eigenvalue weighted by molar-refractivity contribution is 5.20. The summed E-state index contributed by atoms with van der Waals surface area (Å²) in [5.41, 5.74) is 1.59. The van der Waals surface area contributed by atoms with E-state index in [0.717, 1.165) is 30.8 Å². The highest BCUT2D eigenvalue weighted by Gasteiger charge is 2.06. The molecule has 0 atom stereocenters. The van der Waals surface area contributed by atoms with E-state index in [-0.39, 0.29) is 6.61 Å². The van der Waals surface area contributed by atoms with Crippen LogP contribution in [-0.2, 0) is 13.2 Å². The van der Waals surface area contributed by atoms with Gasteiger partial charge in [0, 0.05) is 6.54 Å².